The third-order valence-electron chi connectivity index (χ3n) is 5.08. The molecule has 0 radical (unpaired) electrons. The Kier molecular flexibility index (Phi) is 3.69. The molecule has 0 aromatic carbocycles. The molecule has 0 unspecified atom stereocenters. The maximum atomic E-state index is 12.1. The maximum absolute atomic E-state index is 12.1. The van der Waals surface area contributed by atoms with Crippen LogP contribution < -0.4 is 5.32 Å². The second-order valence-electron chi connectivity index (χ2n) is 7.93. The standard InChI is InChI=1S/C16H28N2O3/c1-14(2,3)21-13(19)18-9-7-16(8-10-18)11-17-15(12-20-16)5-4-6-15/h17H,4-12H2,1-3H3. The normalized spacial score (nSPS) is 27.5. The molecule has 5 heteroatoms. The van der Waals surface area contributed by atoms with Crippen LogP contribution in [-0.4, -0.2) is 54.0 Å². The molecular formula is C16H28N2O3. The van der Waals surface area contributed by atoms with Crippen LogP contribution in [0.4, 0.5) is 4.79 Å². The summed E-state index contributed by atoms with van der Waals surface area (Å²) in [6, 6.07) is 0. The molecule has 1 amide bonds. The first-order chi connectivity index (χ1) is 9.82. The van der Waals surface area contributed by atoms with Crippen LogP contribution in [0.5, 0.6) is 0 Å². The van der Waals surface area contributed by atoms with Crippen LogP contribution in [0.1, 0.15) is 52.9 Å². The van der Waals surface area contributed by atoms with E-state index in [0.29, 0.717) is 0 Å². The second-order valence-corrected chi connectivity index (χ2v) is 7.93. The van der Waals surface area contributed by atoms with E-state index in [1.807, 2.05) is 25.7 Å². The predicted octanol–water partition coefficient (Wildman–Crippen LogP) is 2.30. The molecule has 5 nitrogen and oxygen atoms in total. The molecule has 0 bridgehead atoms. The fraction of sp³-hybridized carbons (Fsp3) is 0.938. The summed E-state index contributed by atoms with van der Waals surface area (Å²) in [7, 11) is 0. The van der Waals surface area contributed by atoms with Crippen molar-refractivity contribution in [3.05, 3.63) is 0 Å². The molecule has 21 heavy (non-hydrogen) atoms. The lowest BCUT2D eigenvalue weighted by Crippen LogP contribution is -2.67. The van der Waals surface area contributed by atoms with Crippen LogP contribution in [0, 0.1) is 0 Å². The summed E-state index contributed by atoms with van der Waals surface area (Å²) in [5, 5.41) is 3.72. The predicted molar refractivity (Wildman–Crippen MR) is 80.3 cm³/mol. The van der Waals surface area contributed by atoms with Gasteiger partial charge in [-0.25, -0.2) is 4.79 Å². The number of ether oxygens (including phenoxy) is 2. The lowest BCUT2D eigenvalue weighted by molar-refractivity contribution is -0.147. The van der Waals surface area contributed by atoms with Gasteiger partial charge < -0.3 is 19.7 Å². The average Bonchev–Trinajstić information content (AvgIpc) is 2.37. The van der Waals surface area contributed by atoms with Gasteiger partial charge in [-0.15, -0.1) is 0 Å². The molecule has 1 saturated carbocycles. The van der Waals surface area contributed by atoms with Gasteiger partial charge in [-0.2, -0.15) is 0 Å². The number of nitrogens with zero attached hydrogens (tertiary/aromatic N) is 1. The van der Waals surface area contributed by atoms with E-state index in [1.165, 1.54) is 19.3 Å². The summed E-state index contributed by atoms with van der Waals surface area (Å²) in [5.74, 6) is 0. The van der Waals surface area contributed by atoms with E-state index in [4.69, 9.17) is 9.47 Å². The molecule has 2 saturated heterocycles. The van der Waals surface area contributed by atoms with Crippen molar-refractivity contribution >= 4 is 6.09 Å². The van der Waals surface area contributed by atoms with Gasteiger partial charge in [0.2, 0.25) is 0 Å². The fourth-order valence-electron chi connectivity index (χ4n) is 3.41. The Balaban J connectivity index is 1.50. The topological polar surface area (TPSA) is 50.8 Å². The first-order valence-corrected chi connectivity index (χ1v) is 8.19. The number of hydrogen-bond donors (Lipinski definition) is 1. The van der Waals surface area contributed by atoms with Crippen molar-refractivity contribution in [3.63, 3.8) is 0 Å². The molecule has 2 aliphatic heterocycles. The number of piperidine rings is 1. The van der Waals surface area contributed by atoms with Crippen LogP contribution in [0.3, 0.4) is 0 Å². The molecule has 2 heterocycles. The van der Waals surface area contributed by atoms with E-state index in [2.05, 4.69) is 5.32 Å². The quantitative estimate of drug-likeness (QED) is 0.745. The van der Waals surface area contributed by atoms with Gasteiger partial charge in [-0.05, 0) is 52.9 Å². The summed E-state index contributed by atoms with van der Waals surface area (Å²) < 4.78 is 11.7. The lowest BCUT2D eigenvalue weighted by Gasteiger charge is -2.53. The number of carbonyl (C=O) groups is 1. The molecule has 2 spiro atoms. The fourth-order valence-corrected chi connectivity index (χ4v) is 3.41. The first-order valence-electron chi connectivity index (χ1n) is 8.19. The van der Waals surface area contributed by atoms with Crippen molar-refractivity contribution in [1.29, 1.82) is 0 Å². The highest BCUT2D eigenvalue weighted by molar-refractivity contribution is 5.68. The molecule has 0 aromatic heterocycles. The summed E-state index contributed by atoms with van der Waals surface area (Å²) in [4.78, 5) is 13.9. The van der Waals surface area contributed by atoms with E-state index in [-0.39, 0.29) is 17.2 Å². The lowest BCUT2D eigenvalue weighted by atomic mass is 9.75. The van der Waals surface area contributed by atoms with Crippen molar-refractivity contribution in [2.24, 2.45) is 0 Å². The van der Waals surface area contributed by atoms with Gasteiger partial charge >= 0.3 is 6.09 Å². The van der Waals surface area contributed by atoms with Crippen molar-refractivity contribution in [1.82, 2.24) is 10.2 Å². The third kappa shape index (κ3) is 3.19. The molecule has 0 atom stereocenters. The van der Waals surface area contributed by atoms with Crippen LogP contribution >= 0.6 is 0 Å². The molecule has 3 fully saturated rings. The molecule has 3 aliphatic rings. The Hall–Kier alpha value is -0.810. The first kappa shape index (κ1) is 15.1. The largest absolute Gasteiger partial charge is 0.444 e. The Morgan fingerprint density at radius 3 is 2.29 bits per heavy atom. The molecule has 3 rings (SSSR count). The second kappa shape index (κ2) is 5.13. The van der Waals surface area contributed by atoms with Gasteiger partial charge in [0, 0.05) is 25.2 Å². The minimum absolute atomic E-state index is 0.0701. The van der Waals surface area contributed by atoms with E-state index in [1.54, 1.807) is 0 Å². The van der Waals surface area contributed by atoms with Gasteiger partial charge in [0.15, 0.2) is 0 Å². The Morgan fingerprint density at radius 2 is 1.86 bits per heavy atom. The van der Waals surface area contributed by atoms with Gasteiger partial charge in [0.1, 0.15) is 5.60 Å². The van der Waals surface area contributed by atoms with Crippen LogP contribution in [0.15, 0.2) is 0 Å². The van der Waals surface area contributed by atoms with Crippen molar-refractivity contribution in [2.75, 3.05) is 26.2 Å². The number of carbonyl (C=O) groups excluding carboxylic acids is 1. The van der Waals surface area contributed by atoms with Crippen molar-refractivity contribution in [3.8, 4) is 0 Å². The van der Waals surface area contributed by atoms with E-state index >= 15 is 0 Å². The summed E-state index contributed by atoms with van der Waals surface area (Å²) >= 11 is 0. The maximum Gasteiger partial charge on any atom is 0.410 e. The SMILES string of the molecule is CC(C)(C)OC(=O)N1CCC2(CC1)CNC1(CCC1)CO2. The highest BCUT2D eigenvalue weighted by Crippen LogP contribution is 2.39. The summed E-state index contributed by atoms with van der Waals surface area (Å²) in [6.07, 6.45) is 5.40. The minimum atomic E-state index is -0.425. The highest BCUT2D eigenvalue weighted by Gasteiger charge is 2.47. The Labute approximate surface area is 127 Å². The Bertz CT molecular complexity index is 392. The third-order valence-corrected chi connectivity index (χ3v) is 5.08. The highest BCUT2D eigenvalue weighted by atomic mass is 16.6. The van der Waals surface area contributed by atoms with Gasteiger partial charge in [0.25, 0.3) is 0 Å². The van der Waals surface area contributed by atoms with Crippen molar-refractivity contribution in [2.45, 2.75) is 69.6 Å². The minimum Gasteiger partial charge on any atom is -0.444 e. The average molecular weight is 296 g/mol. The van der Waals surface area contributed by atoms with Crippen LogP contribution in [-0.2, 0) is 9.47 Å². The zero-order chi connectivity index (χ0) is 15.1. The number of hydrogen-bond acceptors (Lipinski definition) is 4. The number of rotatable bonds is 0. The van der Waals surface area contributed by atoms with Gasteiger partial charge in [0.05, 0.1) is 12.2 Å². The molecule has 1 aliphatic carbocycles. The Morgan fingerprint density at radius 1 is 1.19 bits per heavy atom. The molecule has 120 valence electrons. The monoisotopic (exact) mass is 296 g/mol. The van der Waals surface area contributed by atoms with Crippen LogP contribution in [0.25, 0.3) is 0 Å². The number of morpholine rings is 1. The zero-order valence-electron chi connectivity index (χ0n) is 13.5. The van der Waals surface area contributed by atoms with Crippen molar-refractivity contribution < 1.29 is 14.3 Å². The van der Waals surface area contributed by atoms with Crippen LogP contribution in [0.2, 0.25) is 0 Å². The summed E-state index contributed by atoms with van der Waals surface area (Å²) in [5.41, 5.74) is -0.224. The molecule has 1 N–H and O–H groups in total. The molecule has 0 aromatic rings. The van der Waals surface area contributed by atoms with Gasteiger partial charge in [-0.3, -0.25) is 0 Å². The number of amides is 1. The summed E-state index contributed by atoms with van der Waals surface area (Å²) in [6.45, 7) is 8.93. The molecular weight excluding hydrogens is 268 g/mol. The number of nitrogens with one attached hydrogen (secondary N) is 1. The van der Waals surface area contributed by atoms with E-state index in [0.717, 1.165) is 39.1 Å². The van der Waals surface area contributed by atoms with E-state index < -0.39 is 5.60 Å². The van der Waals surface area contributed by atoms with E-state index in [9.17, 15) is 4.79 Å². The number of likely N-dealkylation sites (tertiary alicyclic amines) is 1. The zero-order valence-corrected chi connectivity index (χ0v) is 13.5. The van der Waals surface area contributed by atoms with Gasteiger partial charge in [-0.1, -0.05) is 0 Å². The smallest absolute Gasteiger partial charge is 0.410 e.